The lowest BCUT2D eigenvalue weighted by Crippen LogP contribution is -2.16. The van der Waals surface area contributed by atoms with Crippen molar-refractivity contribution in [2.75, 3.05) is 18.1 Å². The largest absolute Gasteiger partial charge is 0.387 e. The van der Waals surface area contributed by atoms with Crippen LogP contribution < -0.4 is 5.73 Å². The molecule has 12 heavy (non-hydrogen) atoms. The van der Waals surface area contributed by atoms with Gasteiger partial charge in [0.15, 0.2) is 0 Å². The number of nitrogens with two attached hydrogens (primary N) is 1. The molecule has 1 atom stereocenters. The average Bonchev–Trinajstić information content (AvgIpc) is 2.80. The fraction of sp³-hybridized carbons (Fsp3) is 0.889. The summed E-state index contributed by atoms with van der Waals surface area (Å²) >= 11 is 2.05. The number of rotatable bonds is 3. The molecule has 3 heteroatoms. The monoisotopic (exact) mass is 184 g/mol. The summed E-state index contributed by atoms with van der Waals surface area (Å²) in [5.74, 6) is 5.00. The van der Waals surface area contributed by atoms with E-state index in [4.69, 9.17) is 5.73 Å². The molecule has 0 bridgehead atoms. The zero-order valence-electron chi connectivity index (χ0n) is 7.33. The summed E-state index contributed by atoms with van der Waals surface area (Å²) in [6, 6.07) is 0. The van der Waals surface area contributed by atoms with Crippen molar-refractivity contribution in [1.29, 1.82) is 0 Å². The number of thioether (sulfide) groups is 1. The van der Waals surface area contributed by atoms with Crippen LogP contribution >= 0.6 is 11.8 Å². The second-order valence-electron chi connectivity index (χ2n) is 3.77. The Kier molecular flexibility index (Phi) is 2.59. The van der Waals surface area contributed by atoms with Crippen LogP contribution in [-0.2, 0) is 0 Å². The van der Waals surface area contributed by atoms with Gasteiger partial charge in [0.1, 0.15) is 0 Å². The van der Waals surface area contributed by atoms with Gasteiger partial charge in [-0.25, -0.2) is 0 Å². The zero-order chi connectivity index (χ0) is 8.39. The van der Waals surface area contributed by atoms with Gasteiger partial charge in [-0.15, -0.1) is 0 Å². The smallest absolute Gasteiger partial charge is 0.0968 e. The highest BCUT2D eigenvalue weighted by atomic mass is 32.2. The van der Waals surface area contributed by atoms with Crippen LogP contribution in [0.1, 0.15) is 19.3 Å². The minimum Gasteiger partial charge on any atom is -0.387 e. The maximum absolute atomic E-state index is 5.80. The summed E-state index contributed by atoms with van der Waals surface area (Å²) in [7, 11) is 0. The van der Waals surface area contributed by atoms with E-state index in [9.17, 15) is 0 Å². The third kappa shape index (κ3) is 2.16. The van der Waals surface area contributed by atoms with E-state index >= 15 is 0 Å². The van der Waals surface area contributed by atoms with Crippen molar-refractivity contribution in [2.24, 2.45) is 22.6 Å². The van der Waals surface area contributed by atoms with E-state index < -0.39 is 0 Å². The second kappa shape index (κ2) is 3.69. The summed E-state index contributed by atoms with van der Waals surface area (Å²) in [6.07, 6.45) is 3.88. The molecule has 0 radical (unpaired) electrons. The maximum Gasteiger partial charge on any atom is 0.0968 e. The van der Waals surface area contributed by atoms with E-state index in [2.05, 4.69) is 4.99 Å². The fourth-order valence-corrected chi connectivity index (χ4v) is 2.74. The molecule has 68 valence electrons. The molecule has 1 heterocycles. The third-order valence-electron chi connectivity index (χ3n) is 2.55. The zero-order valence-corrected chi connectivity index (χ0v) is 8.15. The molecule has 1 aliphatic carbocycles. The van der Waals surface area contributed by atoms with Crippen LogP contribution in [0.3, 0.4) is 0 Å². The van der Waals surface area contributed by atoms with Crippen LogP contribution in [0.4, 0.5) is 0 Å². The molecule has 2 N–H and O–H groups in total. The first-order valence-corrected chi connectivity index (χ1v) is 5.89. The molecule has 1 saturated carbocycles. The van der Waals surface area contributed by atoms with E-state index in [1.807, 2.05) is 11.8 Å². The standard InChI is InChI=1S/C9H16N2S/c10-9(8-1-2-8)11-5-7-3-4-12-6-7/h7-8H,1-6H2,(H2,10,11). The lowest BCUT2D eigenvalue weighted by Gasteiger charge is -2.03. The predicted octanol–water partition coefficient (Wildman–Crippen LogP) is 1.51. The summed E-state index contributed by atoms with van der Waals surface area (Å²) in [6.45, 7) is 0.981. The third-order valence-corrected chi connectivity index (χ3v) is 3.78. The van der Waals surface area contributed by atoms with Gasteiger partial charge in [0.05, 0.1) is 5.84 Å². The van der Waals surface area contributed by atoms with Gasteiger partial charge in [0, 0.05) is 12.5 Å². The van der Waals surface area contributed by atoms with Crippen molar-refractivity contribution in [2.45, 2.75) is 19.3 Å². The normalized spacial score (nSPS) is 31.0. The molecule has 2 rings (SSSR count). The number of aliphatic imine (C=N–C) groups is 1. The van der Waals surface area contributed by atoms with Crippen LogP contribution in [0.15, 0.2) is 4.99 Å². The van der Waals surface area contributed by atoms with Crippen molar-refractivity contribution in [1.82, 2.24) is 0 Å². The predicted molar refractivity (Wildman–Crippen MR) is 54.6 cm³/mol. The molecule has 0 spiro atoms. The second-order valence-corrected chi connectivity index (χ2v) is 4.92. The first-order valence-electron chi connectivity index (χ1n) is 4.74. The quantitative estimate of drug-likeness (QED) is 0.533. The lowest BCUT2D eigenvalue weighted by molar-refractivity contribution is 0.611. The first kappa shape index (κ1) is 8.42. The van der Waals surface area contributed by atoms with Gasteiger partial charge in [-0.3, -0.25) is 4.99 Å². The molecule has 0 aromatic heterocycles. The number of amidine groups is 1. The molecule has 2 nitrogen and oxygen atoms in total. The average molecular weight is 184 g/mol. The van der Waals surface area contributed by atoms with Crippen molar-refractivity contribution >= 4 is 17.6 Å². The minimum atomic E-state index is 0.652. The first-order chi connectivity index (χ1) is 5.86. The van der Waals surface area contributed by atoms with E-state index in [1.165, 1.54) is 30.8 Å². The Labute approximate surface area is 78.0 Å². The molecule has 2 fully saturated rings. The molecular weight excluding hydrogens is 168 g/mol. The molecule has 0 aromatic rings. The topological polar surface area (TPSA) is 38.4 Å². The Morgan fingerprint density at radius 1 is 1.42 bits per heavy atom. The highest BCUT2D eigenvalue weighted by Crippen LogP contribution is 2.29. The molecule has 1 saturated heterocycles. The number of nitrogens with zero attached hydrogens (tertiary/aromatic N) is 1. The molecule has 1 unspecified atom stereocenters. The number of hydrogen-bond donors (Lipinski definition) is 1. The highest BCUT2D eigenvalue weighted by Gasteiger charge is 2.25. The SMILES string of the molecule is NC(=NCC1CCSC1)C1CC1. The Hall–Kier alpha value is -0.180. The summed E-state index contributed by atoms with van der Waals surface area (Å²) < 4.78 is 0. The molecule has 1 aliphatic heterocycles. The van der Waals surface area contributed by atoms with E-state index in [-0.39, 0.29) is 0 Å². The molecule has 2 aliphatic rings. The van der Waals surface area contributed by atoms with Gasteiger partial charge in [0.2, 0.25) is 0 Å². The molecule has 0 amide bonds. The van der Waals surface area contributed by atoms with Crippen LogP contribution in [0.5, 0.6) is 0 Å². The van der Waals surface area contributed by atoms with Crippen LogP contribution in [-0.4, -0.2) is 23.9 Å². The summed E-state index contributed by atoms with van der Waals surface area (Å²) in [4.78, 5) is 4.45. The van der Waals surface area contributed by atoms with Gasteiger partial charge in [-0.05, 0) is 36.7 Å². The number of hydrogen-bond acceptors (Lipinski definition) is 2. The van der Waals surface area contributed by atoms with Crippen molar-refractivity contribution in [3.05, 3.63) is 0 Å². The highest BCUT2D eigenvalue weighted by molar-refractivity contribution is 7.99. The van der Waals surface area contributed by atoms with Gasteiger partial charge < -0.3 is 5.73 Å². The van der Waals surface area contributed by atoms with Gasteiger partial charge in [-0.2, -0.15) is 11.8 Å². The van der Waals surface area contributed by atoms with Crippen molar-refractivity contribution < 1.29 is 0 Å². The van der Waals surface area contributed by atoms with E-state index in [1.54, 1.807) is 0 Å². The maximum atomic E-state index is 5.80. The van der Waals surface area contributed by atoms with Crippen LogP contribution in [0, 0.1) is 11.8 Å². The van der Waals surface area contributed by atoms with Gasteiger partial charge in [0.25, 0.3) is 0 Å². The Bertz CT molecular complexity index is 181. The Morgan fingerprint density at radius 2 is 2.25 bits per heavy atom. The minimum absolute atomic E-state index is 0.652. The van der Waals surface area contributed by atoms with Crippen molar-refractivity contribution in [3.8, 4) is 0 Å². The van der Waals surface area contributed by atoms with E-state index in [0.717, 1.165) is 18.3 Å². The molecule has 0 aromatic carbocycles. The van der Waals surface area contributed by atoms with E-state index in [0.29, 0.717) is 5.92 Å². The fourth-order valence-electron chi connectivity index (χ4n) is 1.47. The van der Waals surface area contributed by atoms with Crippen LogP contribution in [0.25, 0.3) is 0 Å². The van der Waals surface area contributed by atoms with Gasteiger partial charge in [-0.1, -0.05) is 0 Å². The van der Waals surface area contributed by atoms with Crippen molar-refractivity contribution in [3.63, 3.8) is 0 Å². The molecular formula is C9H16N2S. The Morgan fingerprint density at radius 3 is 2.83 bits per heavy atom. The summed E-state index contributed by atoms with van der Waals surface area (Å²) in [5.41, 5.74) is 5.80. The lowest BCUT2D eigenvalue weighted by atomic mass is 10.1. The summed E-state index contributed by atoms with van der Waals surface area (Å²) in [5, 5.41) is 0. The Balaban J connectivity index is 1.74. The van der Waals surface area contributed by atoms with Crippen LogP contribution in [0.2, 0.25) is 0 Å². The van der Waals surface area contributed by atoms with Gasteiger partial charge >= 0.3 is 0 Å².